The predicted octanol–water partition coefficient (Wildman–Crippen LogP) is 5.25. The summed E-state index contributed by atoms with van der Waals surface area (Å²) in [5, 5.41) is 1.88. The minimum Gasteiger partial charge on any atom is -0.406 e. The summed E-state index contributed by atoms with van der Waals surface area (Å²) in [6.07, 6.45) is -1.37. The molecule has 28 heavy (non-hydrogen) atoms. The number of benzene rings is 2. The highest BCUT2D eigenvalue weighted by Gasteiger charge is 2.51. The molecule has 1 aromatic heterocycles. The van der Waals surface area contributed by atoms with Crippen LogP contribution in [-0.2, 0) is 4.74 Å². The summed E-state index contributed by atoms with van der Waals surface area (Å²) in [6, 6.07) is 9.58. The van der Waals surface area contributed by atoms with Crippen LogP contribution >= 0.6 is 15.9 Å². The number of nitrogens with zero attached hydrogens (tertiary/aromatic N) is 2. The van der Waals surface area contributed by atoms with Gasteiger partial charge in [-0.05, 0) is 44.4 Å². The molecule has 3 aromatic rings. The van der Waals surface area contributed by atoms with E-state index in [1.807, 2.05) is 30.3 Å². The first kappa shape index (κ1) is 19.0. The number of ether oxygens (including phenoxy) is 1. The standard InChI is InChI=1S/C20H18BrF2N3O2/c1-19(2,3)28-18(27)26-10-20(22,23)9-15(26)17-24-14-7-4-11-8-12(21)5-6-13(11)16(14)25-17/h4-8H,9-10H2,1-3H3/p+1. The Kier molecular flexibility index (Phi) is 4.30. The van der Waals surface area contributed by atoms with E-state index in [0.717, 1.165) is 25.3 Å². The van der Waals surface area contributed by atoms with Gasteiger partial charge in [0.15, 0.2) is 5.82 Å². The van der Waals surface area contributed by atoms with E-state index in [-0.39, 0.29) is 11.5 Å². The quantitative estimate of drug-likeness (QED) is 0.514. The van der Waals surface area contributed by atoms with E-state index in [4.69, 9.17) is 4.74 Å². The van der Waals surface area contributed by atoms with Crippen LogP contribution in [0.5, 0.6) is 0 Å². The fourth-order valence-electron chi connectivity index (χ4n) is 3.34. The second-order valence-electron chi connectivity index (χ2n) is 7.96. The molecule has 0 saturated carbocycles. The molecule has 8 heteroatoms. The second-order valence-corrected chi connectivity index (χ2v) is 8.87. The number of aromatic amines is 1. The smallest absolute Gasteiger partial charge is 0.406 e. The topological polar surface area (TPSA) is 58.0 Å². The van der Waals surface area contributed by atoms with Gasteiger partial charge in [-0.25, -0.2) is 4.98 Å². The Morgan fingerprint density at radius 3 is 2.75 bits per heavy atom. The molecule has 2 aromatic carbocycles. The Bertz CT molecular complexity index is 1150. The Morgan fingerprint density at radius 1 is 1.29 bits per heavy atom. The SMILES string of the molecule is CC(C)(C)OC(=O)[N+]1=C(c2nc3c(ccc4cc(Br)ccc43)[nH]2)CC(F)(F)C1. The largest absolute Gasteiger partial charge is 0.597 e. The number of nitrogens with one attached hydrogen (secondary N) is 1. The molecule has 2 heterocycles. The number of alkyl halides is 2. The third-order valence-electron chi connectivity index (χ3n) is 4.46. The van der Waals surface area contributed by atoms with E-state index in [9.17, 15) is 13.6 Å². The summed E-state index contributed by atoms with van der Waals surface area (Å²) < 4.78 is 35.6. The van der Waals surface area contributed by atoms with E-state index in [1.165, 1.54) is 0 Å². The van der Waals surface area contributed by atoms with Gasteiger partial charge >= 0.3 is 12.0 Å². The number of aromatic nitrogens is 2. The van der Waals surface area contributed by atoms with Crippen molar-refractivity contribution in [2.24, 2.45) is 0 Å². The van der Waals surface area contributed by atoms with Gasteiger partial charge in [-0.15, -0.1) is 4.58 Å². The molecule has 1 N–H and O–H groups in total. The number of amides is 1. The second kappa shape index (κ2) is 6.34. The zero-order valence-electron chi connectivity index (χ0n) is 15.6. The lowest BCUT2D eigenvalue weighted by molar-refractivity contribution is -0.461. The highest BCUT2D eigenvalue weighted by molar-refractivity contribution is 9.10. The van der Waals surface area contributed by atoms with E-state index in [2.05, 4.69) is 25.9 Å². The Hall–Kier alpha value is -2.35. The maximum Gasteiger partial charge on any atom is 0.597 e. The summed E-state index contributed by atoms with van der Waals surface area (Å²) in [5.41, 5.74) is 0.751. The molecule has 0 fully saturated rings. The number of halogens is 3. The number of hydrogen-bond acceptors (Lipinski definition) is 3. The van der Waals surface area contributed by atoms with Crippen LogP contribution in [-0.4, -0.2) is 44.4 Å². The molecule has 1 aliphatic rings. The molecule has 146 valence electrons. The average molecular weight is 451 g/mol. The molecule has 0 spiro atoms. The van der Waals surface area contributed by atoms with Crippen molar-refractivity contribution in [2.45, 2.75) is 38.7 Å². The Balaban J connectivity index is 1.85. The van der Waals surface area contributed by atoms with Gasteiger partial charge in [0.25, 0.3) is 0 Å². The molecule has 0 bridgehead atoms. The number of H-pyrrole nitrogens is 1. The first-order valence-electron chi connectivity index (χ1n) is 8.85. The summed E-state index contributed by atoms with van der Waals surface area (Å²) in [7, 11) is 0. The first-order chi connectivity index (χ1) is 13.0. The summed E-state index contributed by atoms with van der Waals surface area (Å²) in [6.45, 7) is 4.38. The minimum atomic E-state index is -3.03. The fourth-order valence-corrected chi connectivity index (χ4v) is 3.71. The lowest BCUT2D eigenvalue weighted by atomic mass is 10.1. The maximum atomic E-state index is 14.2. The van der Waals surface area contributed by atoms with Crippen LogP contribution in [0.15, 0.2) is 34.8 Å². The third-order valence-corrected chi connectivity index (χ3v) is 4.95. The number of carbonyl (C=O) groups is 1. The third kappa shape index (κ3) is 3.53. The molecule has 0 radical (unpaired) electrons. The van der Waals surface area contributed by atoms with Gasteiger partial charge in [-0.3, -0.25) is 0 Å². The molecule has 0 atom stereocenters. The zero-order chi connectivity index (χ0) is 20.3. The minimum absolute atomic E-state index is 0.140. The molecule has 1 aliphatic heterocycles. The van der Waals surface area contributed by atoms with E-state index < -0.39 is 30.6 Å². The van der Waals surface area contributed by atoms with Gasteiger partial charge in [0.2, 0.25) is 12.3 Å². The monoisotopic (exact) mass is 450 g/mol. The maximum absolute atomic E-state index is 14.2. The van der Waals surface area contributed by atoms with Crippen LogP contribution < -0.4 is 0 Å². The van der Waals surface area contributed by atoms with Crippen molar-refractivity contribution in [1.29, 1.82) is 0 Å². The van der Waals surface area contributed by atoms with Gasteiger partial charge in [0, 0.05) is 9.86 Å². The number of imidazole rings is 1. The van der Waals surface area contributed by atoms with Crippen molar-refractivity contribution in [3.8, 4) is 0 Å². The van der Waals surface area contributed by atoms with Gasteiger partial charge in [-0.1, -0.05) is 28.1 Å². The number of hydrogen-bond donors (Lipinski definition) is 1. The van der Waals surface area contributed by atoms with Gasteiger partial charge in [0.1, 0.15) is 12.0 Å². The number of fused-ring (bicyclic) bond motifs is 3. The van der Waals surface area contributed by atoms with Gasteiger partial charge in [-0.2, -0.15) is 13.6 Å². The highest BCUT2D eigenvalue weighted by atomic mass is 79.9. The number of carbonyl (C=O) groups excluding carboxylic acids is 1. The van der Waals surface area contributed by atoms with Gasteiger partial charge in [0.05, 0.1) is 11.0 Å². The number of rotatable bonds is 1. The van der Waals surface area contributed by atoms with Crippen LogP contribution in [0.4, 0.5) is 13.6 Å². The average Bonchev–Trinajstić information content (AvgIpc) is 3.13. The van der Waals surface area contributed by atoms with Crippen molar-refractivity contribution in [1.82, 2.24) is 9.97 Å². The molecule has 1 amide bonds. The van der Waals surface area contributed by atoms with Crippen molar-refractivity contribution in [3.63, 3.8) is 0 Å². The molecule has 4 rings (SSSR count). The fraction of sp³-hybridized carbons (Fsp3) is 0.350. The lowest BCUT2D eigenvalue weighted by Crippen LogP contribution is -2.34. The molecule has 0 saturated heterocycles. The van der Waals surface area contributed by atoms with Crippen LogP contribution in [0.3, 0.4) is 0 Å². The van der Waals surface area contributed by atoms with Crippen molar-refractivity contribution in [3.05, 3.63) is 40.6 Å². The van der Waals surface area contributed by atoms with Crippen LogP contribution in [0.2, 0.25) is 0 Å². The lowest BCUT2D eigenvalue weighted by Gasteiger charge is -2.16. The summed E-state index contributed by atoms with van der Waals surface area (Å²) in [5.74, 6) is -2.77. The molecular formula is C20H19BrF2N3O2+. The van der Waals surface area contributed by atoms with Crippen molar-refractivity contribution in [2.75, 3.05) is 6.54 Å². The molecule has 0 unspecified atom stereocenters. The van der Waals surface area contributed by atoms with Gasteiger partial charge < -0.3 is 9.72 Å². The summed E-state index contributed by atoms with van der Waals surface area (Å²) in [4.78, 5) is 20.1. The Labute approximate surface area is 168 Å². The Morgan fingerprint density at radius 2 is 2.04 bits per heavy atom. The van der Waals surface area contributed by atoms with Crippen LogP contribution in [0.25, 0.3) is 21.8 Å². The van der Waals surface area contributed by atoms with Crippen molar-refractivity contribution >= 4 is 49.5 Å². The normalized spacial score (nSPS) is 16.9. The summed E-state index contributed by atoms with van der Waals surface area (Å²) >= 11 is 3.44. The predicted molar refractivity (Wildman–Crippen MR) is 106 cm³/mol. The highest BCUT2D eigenvalue weighted by Crippen LogP contribution is 2.31. The molecule has 5 nitrogen and oxygen atoms in total. The van der Waals surface area contributed by atoms with Crippen molar-refractivity contribution < 1.29 is 22.9 Å². The molecular weight excluding hydrogens is 432 g/mol. The van der Waals surface area contributed by atoms with E-state index in [1.54, 1.807) is 20.8 Å². The van der Waals surface area contributed by atoms with Crippen LogP contribution in [0, 0.1) is 0 Å². The molecule has 0 aliphatic carbocycles. The van der Waals surface area contributed by atoms with E-state index >= 15 is 0 Å². The van der Waals surface area contributed by atoms with E-state index in [0.29, 0.717) is 5.52 Å². The first-order valence-corrected chi connectivity index (χ1v) is 9.64. The zero-order valence-corrected chi connectivity index (χ0v) is 17.2. The van der Waals surface area contributed by atoms with Crippen LogP contribution in [0.1, 0.15) is 33.0 Å².